The number of hydrogen-bond donors (Lipinski definition) is 2. The maximum absolute atomic E-state index is 8.79. The van der Waals surface area contributed by atoms with Crippen LogP contribution in [0.1, 0.15) is 18.9 Å². The van der Waals surface area contributed by atoms with E-state index in [4.69, 9.17) is 15.7 Å². The first-order chi connectivity index (χ1) is 8.76. The molecule has 0 amide bonds. The van der Waals surface area contributed by atoms with Gasteiger partial charge in [-0.05, 0) is 18.6 Å². The number of benzene rings is 1. The smallest absolute Gasteiger partial charge is 0.225 e. The van der Waals surface area contributed by atoms with Gasteiger partial charge in [0.05, 0.1) is 17.7 Å². The highest BCUT2D eigenvalue weighted by atomic mass is 16.5. The van der Waals surface area contributed by atoms with Crippen LogP contribution in [0, 0.1) is 0 Å². The van der Waals surface area contributed by atoms with Crippen molar-refractivity contribution in [2.75, 3.05) is 6.61 Å². The SMILES string of the molecule is CCCOc1nc2ccccc2cc1C(N)=NO. The molecule has 0 saturated heterocycles. The van der Waals surface area contributed by atoms with Crippen LogP contribution in [-0.2, 0) is 0 Å². The predicted molar refractivity (Wildman–Crippen MR) is 70.0 cm³/mol. The van der Waals surface area contributed by atoms with Crippen molar-refractivity contribution in [2.45, 2.75) is 13.3 Å². The van der Waals surface area contributed by atoms with Gasteiger partial charge < -0.3 is 15.7 Å². The lowest BCUT2D eigenvalue weighted by Gasteiger charge is -2.10. The molecular weight excluding hydrogens is 230 g/mol. The van der Waals surface area contributed by atoms with E-state index in [1.165, 1.54) is 0 Å². The Morgan fingerprint density at radius 2 is 2.22 bits per heavy atom. The number of fused-ring (bicyclic) bond motifs is 1. The van der Waals surface area contributed by atoms with Crippen LogP contribution in [-0.4, -0.2) is 22.6 Å². The number of pyridine rings is 1. The maximum Gasteiger partial charge on any atom is 0.225 e. The standard InChI is InChI=1S/C13H15N3O2/c1-2-7-18-13-10(12(14)16-17)8-9-5-3-4-6-11(9)15-13/h3-6,8,17H,2,7H2,1H3,(H2,14,16). The van der Waals surface area contributed by atoms with Gasteiger partial charge in [0.15, 0.2) is 5.84 Å². The van der Waals surface area contributed by atoms with Crippen molar-refractivity contribution in [1.29, 1.82) is 0 Å². The molecule has 0 atom stereocenters. The second kappa shape index (κ2) is 5.35. The molecule has 94 valence electrons. The van der Waals surface area contributed by atoms with E-state index < -0.39 is 0 Å². The number of nitrogens with zero attached hydrogens (tertiary/aromatic N) is 2. The van der Waals surface area contributed by atoms with E-state index in [1.807, 2.05) is 37.3 Å². The van der Waals surface area contributed by atoms with Crippen molar-refractivity contribution in [3.8, 4) is 5.88 Å². The van der Waals surface area contributed by atoms with Gasteiger partial charge in [0.1, 0.15) is 0 Å². The van der Waals surface area contributed by atoms with E-state index in [0.29, 0.717) is 18.1 Å². The van der Waals surface area contributed by atoms with E-state index in [2.05, 4.69) is 10.1 Å². The summed E-state index contributed by atoms with van der Waals surface area (Å²) in [6.07, 6.45) is 0.865. The zero-order chi connectivity index (χ0) is 13.0. The summed E-state index contributed by atoms with van der Waals surface area (Å²) >= 11 is 0. The molecule has 2 aromatic rings. The summed E-state index contributed by atoms with van der Waals surface area (Å²) in [6, 6.07) is 9.43. The maximum atomic E-state index is 8.79. The second-order valence-electron chi connectivity index (χ2n) is 3.87. The molecule has 0 fully saturated rings. The quantitative estimate of drug-likeness (QED) is 0.374. The number of para-hydroxylation sites is 1. The molecule has 0 bridgehead atoms. The summed E-state index contributed by atoms with van der Waals surface area (Å²) in [5, 5.41) is 12.7. The van der Waals surface area contributed by atoms with Crippen molar-refractivity contribution >= 4 is 16.7 Å². The molecule has 0 radical (unpaired) electrons. The predicted octanol–water partition coefficient (Wildman–Crippen LogP) is 2.12. The van der Waals surface area contributed by atoms with E-state index >= 15 is 0 Å². The van der Waals surface area contributed by atoms with Gasteiger partial charge in [-0.3, -0.25) is 0 Å². The van der Waals surface area contributed by atoms with E-state index in [1.54, 1.807) is 0 Å². The van der Waals surface area contributed by atoms with E-state index in [0.717, 1.165) is 17.3 Å². The van der Waals surface area contributed by atoms with Gasteiger partial charge in [0.2, 0.25) is 5.88 Å². The molecule has 0 aliphatic heterocycles. The summed E-state index contributed by atoms with van der Waals surface area (Å²) in [5.41, 5.74) is 6.96. The minimum Gasteiger partial charge on any atom is -0.477 e. The number of oxime groups is 1. The lowest BCUT2D eigenvalue weighted by atomic mass is 10.1. The largest absolute Gasteiger partial charge is 0.477 e. The monoisotopic (exact) mass is 245 g/mol. The van der Waals surface area contributed by atoms with Crippen molar-refractivity contribution in [3.63, 3.8) is 0 Å². The van der Waals surface area contributed by atoms with Crippen LogP contribution < -0.4 is 10.5 Å². The summed E-state index contributed by atoms with van der Waals surface area (Å²) in [5.74, 6) is 0.394. The van der Waals surface area contributed by atoms with Gasteiger partial charge in [-0.1, -0.05) is 30.3 Å². The highest BCUT2D eigenvalue weighted by molar-refractivity contribution is 6.02. The topological polar surface area (TPSA) is 80.7 Å². The molecule has 0 aliphatic rings. The minimum atomic E-state index is -0.000596. The number of ether oxygens (including phenoxy) is 1. The Morgan fingerprint density at radius 3 is 2.94 bits per heavy atom. The third-order valence-electron chi connectivity index (χ3n) is 2.52. The Kier molecular flexibility index (Phi) is 3.62. The van der Waals surface area contributed by atoms with Crippen LogP contribution in [0.5, 0.6) is 5.88 Å². The molecule has 0 aliphatic carbocycles. The van der Waals surface area contributed by atoms with Crippen LogP contribution in [0.3, 0.4) is 0 Å². The molecular formula is C13H15N3O2. The van der Waals surface area contributed by atoms with Crippen LogP contribution >= 0.6 is 0 Å². The van der Waals surface area contributed by atoms with Gasteiger partial charge in [-0.25, -0.2) is 4.98 Å². The normalized spacial score (nSPS) is 11.7. The average molecular weight is 245 g/mol. The average Bonchev–Trinajstić information content (AvgIpc) is 2.43. The lowest BCUT2D eigenvalue weighted by molar-refractivity contribution is 0.303. The summed E-state index contributed by atoms with van der Waals surface area (Å²) in [6.45, 7) is 2.54. The molecule has 5 nitrogen and oxygen atoms in total. The van der Waals surface area contributed by atoms with Crippen molar-refractivity contribution in [2.24, 2.45) is 10.9 Å². The molecule has 1 aromatic carbocycles. The first-order valence-electron chi connectivity index (χ1n) is 5.76. The van der Waals surface area contributed by atoms with E-state index in [9.17, 15) is 0 Å². The highest BCUT2D eigenvalue weighted by Crippen LogP contribution is 2.22. The summed E-state index contributed by atoms with van der Waals surface area (Å²) in [4.78, 5) is 4.39. The third-order valence-corrected chi connectivity index (χ3v) is 2.52. The lowest BCUT2D eigenvalue weighted by Crippen LogP contribution is -2.16. The first kappa shape index (κ1) is 12.2. The molecule has 3 N–H and O–H groups in total. The molecule has 5 heteroatoms. The van der Waals surface area contributed by atoms with Crippen LogP contribution in [0.2, 0.25) is 0 Å². The number of rotatable bonds is 4. The Balaban J connectivity index is 2.56. The Labute approximate surface area is 105 Å². The molecule has 1 aromatic heterocycles. The van der Waals surface area contributed by atoms with Crippen molar-refractivity contribution in [1.82, 2.24) is 4.98 Å². The first-order valence-corrected chi connectivity index (χ1v) is 5.76. The van der Waals surface area contributed by atoms with Crippen molar-refractivity contribution < 1.29 is 9.94 Å². The molecule has 0 spiro atoms. The summed E-state index contributed by atoms with van der Waals surface area (Å²) < 4.78 is 5.53. The fourth-order valence-electron chi connectivity index (χ4n) is 1.64. The van der Waals surface area contributed by atoms with Gasteiger partial charge >= 0.3 is 0 Å². The Hall–Kier alpha value is -2.30. The fourth-order valence-corrected chi connectivity index (χ4v) is 1.64. The van der Waals surface area contributed by atoms with Crippen LogP contribution in [0.4, 0.5) is 0 Å². The van der Waals surface area contributed by atoms with Gasteiger partial charge in [0, 0.05) is 5.39 Å². The minimum absolute atomic E-state index is 0.000596. The second-order valence-corrected chi connectivity index (χ2v) is 3.87. The van der Waals surface area contributed by atoms with Gasteiger partial charge in [0.25, 0.3) is 0 Å². The fraction of sp³-hybridized carbons (Fsp3) is 0.231. The zero-order valence-electron chi connectivity index (χ0n) is 10.1. The zero-order valence-corrected chi connectivity index (χ0v) is 10.1. The van der Waals surface area contributed by atoms with Crippen LogP contribution in [0.15, 0.2) is 35.5 Å². The molecule has 2 rings (SSSR count). The number of amidine groups is 1. The molecule has 18 heavy (non-hydrogen) atoms. The highest BCUT2D eigenvalue weighted by Gasteiger charge is 2.11. The third kappa shape index (κ3) is 2.34. The molecule has 0 unspecified atom stereocenters. The summed E-state index contributed by atoms with van der Waals surface area (Å²) in [7, 11) is 0. The van der Waals surface area contributed by atoms with Gasteiger partial charge in [-0.15, -0.1) is 0 Å². The Morgan fingerprint density at radius 1 is 1.44 bits per heavy atom. The Bertz CT molecular complexity index is 581. The van der Waals surface area contributed by atoms with Gasteiger partial charge in [-0.2, -0.15) is 0 Å². The number of nitrogens with two attached hydrogens (primary N) is 1. The van der Waals surface area contributed by atoms with Crippen LogP contribution in [0.25, 0.3) is 10.9 Å². The number of aromatic nitrogens is 1. The van der Waals surface area contributed by atoms with Crippen molar-refractivity contribution in [3.05, 3.63) is 35.9 Å². The molecule has 0 saturated carbocycles. The molecule has 1 heterocycles. The van der Waals surface area contributed by atoms with E-state index in [-0.39, 0.29) is 5.84 Å². The number of hydrogen-bond acceptors (Lipinski definition) is 4.